The lowest BCUT2D eigenvalue weighted by molar-refractivity contribution is -0.250. The van der Waals surface area contributed by atoms with Crippen LogP contribution in [-0.4, -0.2) is 72.6 Å². The van der Waals surface area contributed by atoms with Crippen LogP contribution in [0.25, 0.3) is 0 Å². The molecule has 6 fully saturated rings. The van der Waals surface area contributed by atoms with Crippen LogP contribution in [0.3, 0.4) is 0 Å². The Bertz CT molecular complexity index is 1430. The maximum atomic E-state index is 14.8. The lowest BCUT2D eigenvalue weighted by Gasteiger charge is -2.73. The molecule has 0 radical (unpaired) electrons. The second-order valence-corrected chi connectivity index (χ2v) is 19.0. The first kappa shape index (κ1) is 33.0. The molecule has 1 saturated heterocycles. The number of rotatable bonds is 8. The van der Waals surface area contributed by atoms with Crippen molar-refractivity contribution in [2.24, 2.45) is 56.7 Å². The van der Waals surface area contributed by atoms with Crippen molar-refractivity contribution in [2.45, 2.75) is 145 Å². The molecule has 1 heterocycles. The van der Waals surface area contributed by atoms with Crippen LogP contribution in [0.2, 0.25) is 0 Å². The molecule has 0 aromatic rings. The molecule has 5 aliphatic carbocycles. The van der Waals surface area contributed by atoms with E-state index < -0.39 is 24.8 Å². The van der Waals surface area contributed by atoms with Gasteiger partial charge in [0, 0.05) is 35.7 Å². The Morgan fingerprint density at radius 3 is 2.27 bits per heavy atom. The van der Waals surface area contributed by atoms with Crippen molar-refractivity contribution >= 4 is 18.3 Å². The summed E-state index contributed by atoms with van der Waals surface area (Å²) in [6.07, 6.45) is 9.44. The van der Waals surface area contributed by atoms with Crippen molar-refractivity contribution in [1.29, 1.82) is 0 Å². The number of ether oxygens (including phenoxy) is 2. The van der Waals surface area contributed by atoms with Crippen molar-refractivity contribution < 1.29 is 28.0 Å². The number of esters is 1. The fourth-order valence-corrected chi connectivity index (χ4v) is 13.9. The summed E-state index contributed by atoms with van der Waals surface area (Å²) in [5, 5.41) is 0. The van der Waals surface area contributed by atoms with E-state index >= 15 is 0 Å². The molecule has 7 nitrogen and oxygen atoms in total. The van der Waals surface area contributed by atoms with E-state index in [2.05, 4.69) is 64.8 Å². The van der Waals surface area contributed by atoms with E-state index in [-0.39, 0.29) is 39.7 Å². The van der Waals surface area contributed by atoms with Crippen LogP contribution < -0.4 is 0 Å². The van der Waals surface area contributed by atoms with Crippen molar-refractivity contribution in [3.63, 3.8) is 0 Å². The lowest BCUT2D eigenvalue weighted by atomic mass is 9.32. The predicted molar refractivity (Wildman–Crippen MR) is 193 cm³/mol. The monoisotopic (exact) mass is 684 g/mol. The van der Waals surface area contributed by atoms with Gasteiger partial charge >= 0.3 is 5.97 Å². The summed E-state index contributed by atoms with van der Waals surface area (Å²) in [5.41, 5.74) is -0.961. The van der Waals surface area contributed by atoms with E-state index in [0.29, 0.717) is 35.5 Å². The Morgan fingerprint density at radius 2 is 1.63 bits per heavy atom. The van der Waals surface area contributed by atoms with Gasteiger partial charge in [0.15, 0.2) is 0 Å². The average Bonchev–Trinajstić information content (AvgIpc) is 3.47. The number of hydrogen-bond acceptors (Lipinski definition) is 6. The molecule has 276 valence electrons. The zero-order chi connectivity index (χ0) is 38.3. The minimum absolute atomic E-state index is 0.0635. The summed E-state index contributed by atoms with van der Waals surface area (Å²) in [4.78, 5) is 44.0. The summed E-state index contributed by atoms with van der Waals surface area (Å²) in [7, 11) is 0. The number of hydrogen-bond donors (Lipinski definition) is 0. The molecule has 7 heteroatoms. The maximum absolute atomic E-state index is 14.8. The number of nitrogens with zero attached hydrogens (tertiary/aromatic N) is 2. The lowest BCUT2D eigenvalue weighted by Crippen LogP contribution is -2.67. The van der Waals surface area contributed by atoms with Crippen LogP contribution in [0.4, 0.5) is 0 Å². The van der Waals surface area contributed by atoms with Crippen molar-refractivity contribution in [2.75, 3.05) is 32.7 Å². The third-order valence-corrected chi connectivity index (χ3v) is 16.6. The van der Waals surface area contributed by atoms with Crippen molar-refractivity contribution in [1.82, 2.24) is 9.80 Å². The number of piperazine rings is 1. The molecule has 0 aromatic heterocycles. The zero-order valence-electron chi connectivity index (χ0n) is 35.0. The van der Waals surface area contributed by atoms with Gasteiger partial charge in [0.2, 0.25) is 5.91 Å². The predicted octanol–water partition coefficient (Wildman–Crippen LogP) is 8.06. The Kier molecular flexibility index (Phi) is 8.52. The van der Waals surface area contributed by atoms with Crippen LogP contribution in [0, 0.1) is 56.7 Å². The van der Waals surface area contributed by atoms with Gasteiger partial charge in [-0.05, 0) is 137 Å². The minimum atomic E-state index is -2.66. The highest BCUT2D eigenvalue weighted by molar-refractivity contribution is 5.84. The summed E-state index contributed by atoms with van der Waals surface area (Å²) >= 11 is 0. The third kappa shape index (κ3) is 5.64. The Labute approximate surface area is 301 Å². The Balaban J connectivity index is 1.24. The first-order valence-corrected chi connectivity index (χ1v) is 19.6. The van der Waals surface area contributed by atoms with Gasteiger partial charge in [-0.25, -0.2) is 0 Å². The van der Waals surface area contributed by atoms with E-state index in [4.69, 9.17) is 13.6 Å². The maximum Gasteiger partial charge on any atom is 0.310 e. The molecule has 5 saturated carbocycles. The second kappa shape index (κ2) is 12.7. The zero-order valence-corrected chi connectivity index (χ0v) is 32.0. The van der Waals surface area contributed by atoms with E-state index in [1.54, 1.807) is 0 Å². The topological polar surface area (TPSA) is 76.2 Å². The number of amides is 1. The molecule has 0 N–H and O–H groups in total. The molecule has 1 aliphatic heterocycles. The molecule has 0 spiro atoms. The molecular weight excluding hydrogens is 612 g/mol. The molecule has 6 rings (SSSR count). The molecule has 6 aliphatic rings. The van der Waals surface area contributed by atoms with Gasteiger partial charge in [-0.2, -0.15) is 0 Å². The highest BCUT2D eigenvalue weighted by Gasteiger charge is 2.72. The molecule has 0 bridgehead atoms. The molecule has 49 heavy (non-hydrogen) atoms. The normalized spacial score (nSPS) is 45.5. The minimum Gasteiger partial charge on any atom is -0.462 e. The Morgan fingerprint density at radius 1 is 0.918 bits per heavy atom. The summed E-state index contributed by atoms with van der Waals surface area (Å²) in [6, 6.07) is 0. The van der Waals surface area contributed by atoms with Gasteiger partial charge in [-0.15, -0.1) is 0 Å². The van der Waals surface area contributed by atoms with Crippen LogP contribution >= 0.6 is 0 Å². The van der Waals surface area contributed by atoms with Crippen molar-refractivity contribution in [3.8, 4) is 0 Å². The number of allylic oxidation sites excluding steroid dienone is 1. The van der Waals surface area contributed by atoms with Gasteiger partial charge in [0.25, 0.3) is 6.47 Å². The number of carbonyl (C=O) groups is 3. The largest absolute Gasteiger partial charge is 0.462 e. The Hall–Kier alpha value is -1.89. The highest BCUT2D eigenvalue weighted by Crippen LogP contribution is 2.77. The first-order valence-electron chi connectivity index (χ1n) is 21.1. The number of carbonyl (C=O) groups excluding carboxylic acids is 3. The number of fused-ring (bicyclic) bond motifs is 7. The van der Waals surface area contributed by atoms with Gasteiger partial charge in [0.05, 0.1) is 11.8 Å². The van der Waals surface area contributed by atoms with E-state index in [1.165, 1.54) is 12.5 Å². The standard InChI is InChI=1S/C42H68N2O5/c1-11-43-22-24-44(25-23-43)36(47)42-19-14-29(28(2)3)35(42)30-12-13-32-39(8)17-16-33(49-34(46)26-37(4,5)48-27-45)38(6,7)31(39)15-18-41(32,10)40(30,9)20-21-42/h27,29-33,35H,2,11-26H2,1,3-10H3/t29-,30+,31-,32+,33-,35+,39-,40+,41+,42-/m0/s1/i4D3/t29-,30+,31-,32+,33-,35+,37?,39-,40+,41+,42-. The first-order chi connectivity index (χ1) is 24.1. The summed E-state index contributed by atoms with van der Waals surface area (Å²) < 4.78 is 34.8. The quantitative estimate of drug-likeness (QED) is 0.146. The van der Waals surface area contributed by atoms with E-state index in [9.17, 15) is 14.4 Å². The molecule has 0 aromatic carbocycles. The summed E-state index contributed by atoms with van der Waals surface area (Å²) in [5.74, 6) is 1.89. The van der Waals surface area contributed by atoms with Gasteiger partial charge in [-0.3, -0.25) is 14.4 Å². The third-order valence-electron chi connectivity index (χ3n) is 16.6. The van der Waals surface area contributed by atoms with Crippen LogP contribution in [-0.2, 0) is 23.9 Å². The van der Waals surface area contributed by atoms with Gasteiger partial charge < -0.3 is 19.3 Å². The highest BCUT2D eigenvalue weighted by atomic mass is 16.6. The molecule has 1 unspecified atom stereocenters. The smallest absolute Gasteiger partial charge is 0.310 e. The fourth-order valence-electron chi connectivity index (χ4n) is 13.9. The summed E-state index contributed by atoms with van der Waals surface area (Å²) in [6.45, 7) is 24.6. The van der Waals surface area contributed by atoms with Gasteiger partial charge in [-0.1, -0.05) is 53.7 Å². The van der Waals surface area contributed by atoms with Crippen LogP contribution in [0.15, 0.2) is 12.2 Å². The fraction of sp³-hybridized carbons (Fsp3) is 0.881. The SMILES string of the molecule is [2H]C([2H])([2H])C(C)(CC(=O)O[C@H]1CC[C@]2(C)[C@H]3CC[C@@H]4[C@H]5[C@H](C(=C)C)CC[C@]5(C(=O)N5CCN(CC)CC5)CC[C@@]4(C)[C@]3(C)CC[C@H]2C1(C)C)OC=O. The van der Waals surface area contributed by atoms with E-state index in [0.717, 1.165) is 96.9 Å². The molecule has 1 amide bonds. The number of likely N-dealkylation sites (N-methyl/N-ethyl adjacent to an activating group) is 1. The second-order valence-electron chi connectivity index (χ2n) is 19.0. The van der Waals surface area contributed by atoms with E-state index in [1.807, 2.05) is 0 Å². The molecule has 11 atom stereocenters. The average molecular weight is 684 g/mol. The van der Waals surface area contributed by atoms with Crippen molar-refractivity contribution in [3.05, 3.63) is 12.2 Å². The van der Waals surface area contributed by atoms with Gasteiger partial charge in [0.1, 0.15) is 11.7 Å². The molecular formula is C42H68N2O5. The van der Waals surface area contributed by atoms with Crippen LogP contribution in [0.1, 0.15) is 137 Å². The van der Waals surface area contributed by atoms with Crippen LogP contribution in [0.5, 0.6) is 0 Å².